The van der Waals surface area contributed by atoms with Gasteiger partial charge >= 0.3 is 0 Å². The fraction of sp³-hybridized carbons (Fsp3) is 0.414. The van der Waals surface area contributed by atoms with Crippen molar-refractivity contribution in [1.29, 1.82) is 0 Å². The summed E-state index contributed by atoms with van der Waals surface area (Å²) in [6.07, 6.45) is 3.39. The summed E-state index contributed by atoms with van der Waals surface area (Å²) < 4.78 is 63.4. The number of aromatic nitrogens is 2. The van der Waals surface area contributed by atoms with E-state index in [0.29, 0.717) is 57.5 Å². The zero-order valence-corrected chi connectivity index (χ0v) is 25.8. The molecule has 3 N–H and O–H groups in total. The standard InChI is InChI=1S/C29H33ClF2N6O5S/c1-37-23(21-5-6-24(43-2)26(32)25(21)31)16-34-27(37)28(39)35-18-3-4-20(22(30)15-18)29(40)38-13-9-17(10-14-38)36-44(41,42)19-7-11-33-12-8-19/h3-6,15-17,19,33,36H,7-14H2,1-2H3,(H,35,39). The van der Waals surface area contributed by atoms with Crippen LogP contribution in [0.15, 0.2) is 36.5 Å². The van der Waals surface area contributed by atoms with E-state index in [2.05, 4.69) is 20.3 Å². The van der Waals surface area contributed by atoms with E-state index < -0.39 is 32.8 Å². The highest BCUT2D eigenvalue weighted by atomic mass is 35.5. The number of methoxy groups -OCH3 is 1. The number of benzene rings is 2. The lowest BCUT2D eigenvalue weighted by Gasteiger charge is -2.33. The van der Waals surface area contributed by atoms with E-state index in [4.69, 9.17) is 16.3 Å². The van der Waals surface area contributed by atoms with Gasteiger partial charge in [0.05, 0.1) is 34.8 Å². The molecular weight excluding hydrogens is 618 g/mol. The van der Waals surface area contributed by atoms with Crippen LogP contribution in [0.2, 0.25) is 5.02 Å². The maximum Gasteiger partial charge on any atom is 0.291 e. The van der Waals surface area contributed by atoms with E-state index >= 15 is 0 Å². The Morgan fingerprint density at radius 2 is 1.77 bits per heavy atom. The van der Waals surface area contributed by atoms with E-state index in [1.54, 1.807) is 4.90 Å². The molecule has 1 aromatic heterocycles. The molecule has 5 rings (SSSR count). The van der Waals surface area contributed by atoms with Crippen molar-refractivity contribution in [1.82, 2.24) is 24.5 Å². The van der Waals surface area contributed by atoms with Crippen LogP contribution in [0.25, 0.3) is 11.3 Å². The molecule has 11 nitrogen and oxygen atoms in total. The Morgan fingerprint density at radius 1 is 1.07 bits per heavy atom. The molecule has 3 heterocycles. The second kappa shape index (κ2) is 13.2. The molecule has 3 aromatic rings. The Bertz CT molecular complexity index is 1670. The van der Waals surface area contributed by atoms with Crippen LogP contribution in [0.4, 0.5) is 14.5 Å². The summed E-state index contributed by atoms with van der Waals surface area (Å²) >= 11 is 6.44. The lowest BCUT2D eigenvalue weighted by atomic mass is 10.0. The third-order valence-electron chi connectivity index (χ3n) is 8.03. The summed E-state index contributed by atoms with van der Waals surface area (Å²) in [5, 5.41) is 5.55. The second-order valence-electron chi connectivity index (χ2n) is 10.8. The number of hydrogen-bond acceptors (Lipinski definition) is 7. The lowest BCUT2D eigenvalue weighted by molar-refractivity contribution is 0.0711. The van der Waals surface area contributed by atoms with Gasteiger partial charge in [0.15, 0.2) is 17.4 Å². The molecule has 0 radical (unpaired) electrons. The molecule has 2 saturated heterocycles. The molecule has 236 valence electrons. The third kappa shape index (κ3) is 6.58. The molecule has 0 bridgehead atoms. The number of likely N-dealkylation sites (tertiary alicyclic amines) is 1. The van der Waals surface area contributed by atoms with E-state index in [1.165, 1.54) is 55.3 Å². The molecule has 2 fully saturated rings. The Hall–Kier alpha value is -3.59. The monoisotopic (exact) mass is 650 g/mol. The number of sulfonamides is 1. The smallest absolute Gasteiger partial charge is 0.291 e. The van der Waals surface area contributed by atoms with Crippen molar-refractivity contribution < 1.29 is 31.5 Å². The summed E-state index contributed by atoms with van der Waals surface area (Å²) in [5.41, 5.74) is 0.631. The highest BCUT2D eigenvalue weighted by molar-refractivity contribution is 7.90. The number of rotatable bonds is 8. The molecule has 0 aliphatic carbocycles. The number of ether oxygens (including phenoxy) is 1. The Kier molecular flexibility index (Phi) is 9.53. The molecular formula is C29H33ClF2N6O5S. The van der Waals surface area contributed by atoms with Gasteiger partial charge in [0, 0.05) is 37.4 Å². The topological polar surface area (TPSA) is 135 Å². The molecule has 44 heavy (non-hydrogen) atoms. The summed E-state index contributed by atoms with van der Waals surface area (Å²) in [6.45, 7) is 2.10. The Balaban J connectivity index is 1.20. The van der Waals surface area contributed by atoms with Gasteiger partial charge in [-0.05, 0) is 69.1 Å². The minimum atomic E-state index is -3.43. The van der Waals surface area contributed by atoms with Gasteiger partial charge in [-0.3, -0.25) is 9.59 Å². The molecule has 15 heteroatoms. The number of amides is 2. The van der Waals surface area contributed by atoms with Crippen molar-refractivity contribution in [3.05, 3.63) is 64.6 Å². The normalized spacial score (nSPS) is 16.6. The molecule has 2 aromatic carbocycles. The van der Waals surface area contributed by atoms with Crippen LogP contribution in [-0.2, 0) is 17.1 Å². The molecule has 0 unspecified atom stereocenters. The Labute approximate surface area is 259 Å². The van der Waals surface area contributed by atoms with Crippen molar-refractivity contribution in [3.63, 3.8) is 0 Å². The summed E-state index contributed by atoms with van der Waals surface area (Å²) in [7, 11) is -0.704. The van der Waals surface area contributed by atoms with Gasteiger partial charge in [-0.2, -0.15) is 4.39 Å². The van der Waals surface area contributed by atoms with Crippen molar-refractivity contribution in [2.24, 2.45) is 7.05 Å². The van der Waals surface area contributed by atoms with Gasteiger partial charge in [-0.25, -0.2) is 22.5 Å². The first-order valence-electron chi connectivity index (χ1n) is 14.2. The SMILES string of the molecule is COc1ccc(-c2cnc(C(=O)Nc3ccc(C(=O)N4CCC(NS(=O)(=O)C5CCNCC5)CC4)c(Cl)c3)n2C)c(F)c1F. The molecule has 2 amide bonds. The number of piperidine rings is 2. The minimum absolute atomic E-state index is 0.0643. The van der Waals surface area contributed by atoms with Gasteiger partial charge < -0.3 is 24.8 Å². The average Bonchev–Trinajstić information content (AvgIpc) is 3.40. The number of carbonyl (C=O) groups is 2. The fourth-order valence-corrected chi connectivity index (χ4v) is 7.53. The van der Waals surface area contributed by atoms with Gasteiger partial charge in [-0.1, -0.05) is 11.6 Å². The molecule has 0 atom stereocenters. The predicted octanol–water partition coefficient (Wildman–Crippen LogP) is 3.56. The number of anilines is 1. The van der Waals surface area contributed by atoms with Crippen LogP contribution < -0.4 is 20.1 Å². The van der Waals surface area contributed by atoms with Gasteiger partial charge in [0.25, 0.3) is 11.8 Å². The first-order chi connectivity index (χ1) is 21.0. The Morgan fingerprint density at radius 3 is 2.43 bits per heavy atom. The number of carbonyl (C=O) groups excluding carboxylic acids is 2. The predicted molar refractivity (Wildman–Crippen MR) is 161 cm³/mol. The first-order valence-corrected chi connectivity index (χ1v) is 16.1. The van der Waals surface area contributed by atoms with E-state index in [9.17, 15) is 26.8 Å². The number of nitrogens with one attached hydrogen (secondary N) is 3. The van der Waals surface area contributed by atoms with Crippen LogP contribution >= 0.6 is 11.6 Å². The summed E-state index contributed by atoms with van der Waals surface area (Å²) in [6, 6.07) is 6.85. The first kappa shape index (κ1) is 31.8. The maximum atomic E-state index is 14.6. The van der Waals surface area contributed by atoms with E-state index in [-0.39, 0.29) is 45.4 Å². The van der Waals surface area contributed by atoms with Crippen LogP contribution in [-0.4, -0.2) is 79.3 Å². The largest absolute Gasteiger partial charge is 0.494 e. The minimum Gasteiger partial charge on any atom is -0.494 e. The fourth-order valence-electron chi connectivity index (χ4n) is 5.52. The van der Waals surface area contributed by atoms with E-state index in [1.807, 2.05) is 0 Å². The van der Waals surface area contributed by atoms with Gasteiger partial charge in [0.1, 0.15) is 0 Å². The van der Waals surface area contributed by atoms with Crippen LogP contribution in [0.5, 0.6) is 5.75 Å². The molecule has 2 aliphatic rings. The van der Waals surface area contributed by atoms with Gasteiger partial charge in [-0.15, -0.1) is 0 Å². The number of halogens is 3. The number of nitrogens with zero attached hydrogens (tertiary/aromatic N) is 3. The van der Waals surface area contributed by atoms with Crippen molar-refractivity contribution in [2.45, 2.75) is 37.0 Å². The van der Waals surface area contributed by atoms with Crippen molar-refractivity contribution >= 4 is 39.1 Å². The zero-order chi connectivity index (χ0) is 31.6. The zero-order valence-electron chi connectivity index (χ0n) is 24.2. The molecule has 0 spiro atoms. The highest BCUT2D eigenvalue weighted by Crippen LogP contribution is 2.30. The number of imidazole rings is 1. The lowest BCUT2D eigenvalue weighted by Crippen LogP contribution is -2.50. The molecule has 0 saturated carbocycles. The third-order valence-corrected chi connectivity index (χ3v) is 10.4. The van der Waals surface area contributed by atoms with Crippen molar-refractivity contribution in [3.8, 4) is 17.0 Å². The summed E-state index contributed by atoms with van der Waals surface area (Å²) in [4.78, 5) is 31.9. The average molecular weight is 651 g/mol. The number of hydrogen-bond donors (Lipinski definition) is 3. The quantitative estimate of drug-likeness (QED) is 0.339. The van der Waals surface area contributed by atoms with Gasteiger partial charge in [0.2, 0.25) is 15.8 Å². The van der Waals surface area contributed by atoms with E-state index in [0.717, 1.165) is 0 Å². The highest BCUT2D eigenvalue weighted by Gasteiger charge is 2.32. The van der Waals surface area contributed by atoms with Crippen LogP contribution in [0, 0.1) is 11.6 Å². The maximum absolute atomic E-state index is 14.6. The van der Waals surface area contributed by atoms with Crippen LogP contribution in [0.1, 0.15) is 46.7 Å². The van der Waals surface area contributed by atoms with Crippen LogP contribution in [0.3, 0.4) is 0 Å². The summed E-state index contributed by atoms with van der Waals surface area (Å²) in [5.74, 6) is -3.51. The molecule has 2 aliphatic heterocycles. The van der Waals surface area contributed by atoms with Crippen molar-refractivity contribution in [2.75, 3.05) is 38.6 Å². The second-order valence-corrected chi connectivity index (χ2v) is 13.2.